The molecule has 0 aliphatic heterocycles. The smallest absolute Gasteiger partial charge is 0.248 e. The van der Waals surface area contributed by atoms with Gasteiger partial charge >= 0.3 is 0 Å². The van der Waals surface area contributed by atoms with Gasteiger partial charge in [0.1, 0.15) is 22.8 Å². The van der Waals surface area contributed by atoms with Gasteiger partial charge in [0.25, 0.3) is 0 Å². The van der Waals surface area contributed by atoms with E-state index in [0.29, 0.717) is 47.9 Å². The second-order valence-corrected chi connectivity index (χ2v) is 10.4. The Balaban J connectivity index is 1.73. The van der Waals surface area contributed by atoms with E-state index in [1.54, 1.807) is 12.1 Å². The number of methoxy groups -OCH3 is 1. The number of likely N-dealkylation sites (N-methyl/N-ethyl adjacent to an activating group) is 2. The molecule has 226 valence electrons. The molecular weight excluding hydrogens is 555 g/mol. The molecule has 2 aromatic carbocycles. The van der Waals surface area contributed by atoms with E-state index in [1.807, 2.05) is 30.9 Å². The molecule has 0 saturated heterocycles. The number of amides is 3. The van der Waals surface area contributed by atoms with Crippen molar-refractivity contribution in [2.24, 2.45) is 11.1 Å². The average molecular weight is 591 g/mol. The van der Waals surface area contributed by atoms with Crippen LogP contribution in [0.5, 0.6) is 5.75 Å². The van der Waals surface area contributed by atoms with Gasteiger partial charge in [-0.15, -0.1) is 0 Å². The van der Waals surface area contributed by atoms with Crippen LogP contribution < -0.4 is 30.9 Å². The van der Waals surface area contributed by atoms with Gasteiger partial charge in [0, 0.05) is 38.5 Å². The van der Waals surface area contributed by atoms with Crippen LogP contribution in [0.4, 0.5) is 38.9 Å². The second kappa shape index (κ2) is 12.9. The summed E-state index contributed by atoms with van der Waals surface area (Å²) in [7, 11) is 7.36. The number of halogens is 1. The normalized spacial score (nSPS) is 13.2. The van der Waals surface area contributed by atoms with Crippen LogP contribution in [-0.4, -0.2) is 73.9 Å². The van der Waals surface area contributed by atoms with E-state index >= 15 is 0 Å². The first-order valence-electron chi connectivity index (χ1n) is 13.5. The van der Waals surface area contributed by atoms with Crippen molar-refractivity contribution in [3.8, 4) is 5.75 Å². The molecule has 3 amide bonds. The molecule has 43 heavy (non-hydrogen) atoms. The molecular formula is C30H35FN8O4. The van der Waals surface area contributed by atoms with E-state index in [-0.39, 0.29) is 11.8 Å². The van der Waals surface area contributed by atoms with E-state index in [2.05, 4.69) is 27.2 Å². The predicted octanol–water partition coefficient (Wildman–Crippen LogP) is 3.42. The van der Waals surface area contributed by atoms with Crippen molar-refractivity contribution < 1.29 is 23.5 Å². The van der Waals surface area contributed by atoms with Gasteiger partial charge in [0.05, 0.1) is 29.9 Å². The first-order chi connectivity index (χ1) is 20.5. The molecule has 1 aliphatic carbocycles. The van der Waals surface area contributed by atoms with Gasteiger partial charge in [-0.3, -0.25) is 19.3 Å². The molecule has 0 bridgehead atoms. The number of ether oxygens (including phenoxy) is 1. The van der Waals surface area contributed by atoms with Gasteiger partial charge in [-0.2, -0.15) is 4.98 Å². The van der Waals surface area contributed by atoms with Crippen molar-refractivity contribution in [1.29, 1.82) is 0 Å². The monoisotopic (exact) mass is 590 g/mol. The lowest BCUT2D eigenvalue weighted by atomic mass is 10.0. The first-order valence-corrected chi connectivity index (χ1v) is 13.5. The van der Waals surface area contributed by atoms with Crippen LogP contribution in [-0.2, 0) is 14.4 Å². The number of nitrogens with zero attached hydrogens (tertiary/aromatic N) is 5. The fraction of sp³-hybridized carbons (Fsp3) is 0.300. The lowest BCUT2D eigenvalue weighted by Gasteiger charge is -2.26. The number of hydrogen-bond acceptors (Lipinski definition) is 9. The number of nitrogens with one attached hydrogen (secondary N) is 2. The standard InChI is InChI=1S/C30H35FN8O4/c1-6-26(40)34-21-17-22(24(43-5)18-23(21)38(4)16-15-37(2)3)35-29-33-14-11-25(36-29)39(20-9-7-19(31)8-10-20)28(42)30(12-13-30)27(32)41/h6-11,14,17-18H,1,12-13,15-16H2,2-5H3,(H2,32,41)(H,34,40)(H,33,35,36). The van der Waals surface area contributed by atoms with Crippen LogP contribution in [0.2, 0.25) is 0 Å². The average Bonchev–Trinajstić information content (AvgIpc) is 3.80. The van der Waals surface area contributed by atoms with E-state index in [1.165, 1.54) is 54.6 Å². The highest BCUT2D eigenvalue weighted by Crippen LogP contribution is 2.49. The quantitative estimate of drug-likeness (QED) is 0.201. The van der Waals surface area contributed by atoms with Crippen LogP contribution in [0.15, 0.2) is 61.3 Å². The van der Waals surface area contributed by atoms with Crippen LogP contribution in [0.1, 0.15) is 12.8 Å². The summed E-state index contributed by atoms with van der Waals surface area (Å²) < 4.78 is 19.4. The number of primary amides is 1. The molecule has 12 nitrogen and oxygen atoms in total. The number of rotatable bonds is 13. The molecule has 3 aromatic rings. The third-order valence-electron chi connectivity index (χ3n) is 7.09. The van der Waals surface area contributed by atoms with Crippen molar-refractivity contribution in [3.63, 3.8) is 0 Å². The fourth-order valence-electron chi connectivity index (χ4n) is 4.41. The molecule has 13 heteroatoms. The Morgan fingerprint density at radius 1 is 1.09 bits per heavy atom. The fourth-order valence-corrected chi connectivity index (χ4v) is 4.41. The Hall–Kier alpha value is -5.04. The van der Waals surface area contributed by atoms with Gasteiger partial charge < -0.3 is 30.9 Å². The van der Waals surface area contributed by atoms with Gasteiger partial charge in [0.15, 0.2) is 0 Å². The summed E-state index contributed by atoms with van der Waals surface area (Å²) in [5.41, 5.74) is 6.17. The number of carbonyl (C=O) groups excluding carboxylic acids is 3. The molecule has 1 heterocycles. The summed E-state index contributed by atoms with van der Waals surface area (Å²) in [5, 5.41) is 5.94. The third kappa shape index (κ3) is 6.89. The Kier molecular flexibility index (Phi) is 9.24. The number of aromatic nitrogens is 2. The molecule has 0 radical (unpaired) electrons. The lowest BCUT2D eigenvalue weighted by molar-refractivity contribution is -0.133. The Morgan fingerprint density at radius 3 is 2.37 bits per heavy atom. The Bertz CT molecular complexity index is 1530. The highest BCUT2D eigenvalue weighted by Gasteiger charge is 2.57. The molecule has 0 atom stereocenters. The molecule has 1 aliphatic rings. The zero-order valence-electron chi connectivity index (χ0n) is 24.6. The zero-order valence-corrected chi connectivity index (χ0v) is 24.6. The highest BCUT2D eigenvalue weighted by atomic mass is 19.1. The maximum absolute atomic E-state index is 13.7. The van der Waals surface area contributed by atoms with E-state index < -0.39 is 29.0 Å². The molecule has 0 spiro atoms. The summed E-state index contributed by atoms with van der Waals surface area (Å²) in [6, 6.07) is 10.2. The summed E-state index contributed by atoms with van der Waals surface area (Å²) in [5.74, 6) is -1.50. The van der Waals surface area contributed by atoms with Crippen LogP contribution >= 0.6 is 0 Å². The first kappa shape index (κ1) is 30.9. The summed E-state index contributed by atoms with van der Waals surface area (Å²) >= 11 is 0. The third-order valence-corrected chi connectivity index (χ3v) is 7.09. The Labute approximate surface area is 249 Å². The minimum Gasteiger partial charge on any atom is -0.494 e. The summed E-state index contributed by atoms with van der Waals surface area (Å²) in [4.78, 5) is 52.3. The minimum absolute atomic E-state index is 0.0920. The lowest BCUT2D eigenvalue weighted by Crippen LogP contribution is -2.41. The molecule has 1 saturated carbocycles. The van der Waals surface area contributed by atoms with Crippen LogP contribution in [0.25, 0.3) is 0 Å². The number of nitrogens with two attached hydrogens (primary N) is 1. The zero-order chi connectivity index (χ0) is 31.3. The largest absolute Gasteiger partial charge is 0.494 e. The van der Waals surface area contributed by atoms with Crippen LogP contribution in [0, 0.1) is 11.2 Å². The molecule has 0 unspecified atom stereocenters. The summed E-state index contributed by atoms with van der Waals surface area (Å²) in [6.07, 6.45) is 3.23. The number of anilines is 6. The molecule has 4 rings (SSSR count). The van der Waals surface area contributed by atoms with E-state index in [0.717, 1.165) is 6.54 Å². The molecule has 4 N–H and O–H groups in total. The van der Waals surface area contributed by atoms with Crippen molar-refractivity contribution >= 4 is 52.2 Å². The van der Waals surface area contributed by atoms with Crippen LogP contribution in [0.3, 0.4) is 0 Å². The maximum atomic E-state index is 13.7. The van der Waals surface area contributed by atoms with Gasteiger partial charge in [-0.05, 0) is 63.3 Å². The van der Waals surface area contributed by atoms with Gasteiger partial charge in [-0.1, -0.05) is 6.58 Å². The van der Waals surface area contributed by atoms with Crippen molar-refractivity contribution in [1.82, 2.24) is 14.9 Å². The minimum atomic E-state index is -1.36. The van der Waals surface area contributed by atoms with E-state index in [4.69, 9.17) is 10.5 Å². The van der Waals surface area contributed by atoms with E-state index in [9.17, 15) is 18.8 Å². The van der Waals surface area contributed by atoms with Crippen molar-refractivity contribution in [2.75, 3.05) is 61.8 Å². The number of hydrogen-bond donors (Lipinski definition) is 3. The van der Waals surface area contributed by atoms with Gasteiger partial charge in [-0.25, -0.2) is 9.37 Å². The highest BCUT2D eigenvalue weighted by molar-refractivity contribution is 6.16. The second-order valence-electron chi connectivity index (χ2n) is 10.4. The molecule has 1 aromatic heterocycles. The maximum Gasteiger partial charge on any atom is 0.248 e. The Morgan fingerprint density at radius 2 is 1.79 bits per heavy atom. The SMILES string of the molecule is C=CC(=O)Nc1cc(Nc2nccc(N(C(=O)C3(C(N)=O)CC3)c3ccc(F)cc3)n2)c(OC)cc1N(C)CCN(C)C. The van der Waals surface area contributed by atoms with Gasteiger partial charge in [0.2, 0.25) is 23.7 Å². The van der Waals surface area contributed by atoms with Crippen molar-refractivity contribution in [2.45, 2.75) is 12.8 Å². The number of benzene rings is 2. The number of carbonyl (C=O) groups is 3. The molecule has 1 fully saturated rings. The van der Waals surface area contributed by atoms with Crippen molar-refractivity contribution in [3.05, 3.63) is 67.1 Å². The predicted molar refractivity (Wildman–Crippen MR) is 163 cm³/mol. The topological polar surface area (TPSA) is 146 Å². The summed E-state index contributed by atoms with van der Waals surface area (Å²) in [6.45, 7) is 4.99.